The summed E-state index contributed by atoms with van der Waals surface area (Å²) in [6.45, 7) is 0. The summed E-state index contributed by atoms with van der Waals surface area (Å²) < 4.78 is 39.2. The van der Waals surface area contributed by atoms with Gasteiger partial charge in [-0.25, -0.2) is 13.2 Å². The van der Waals surface area contributed by atoms with Crippen molar-refractivity contribution >= 4 is 29.0 Å². The highest BCUT2D eigenvalue weighted by Crippen LogP contribution is 2.25. The van der Waals surface area contributed by atoms with Crippen LogP contribution in [-0.2, 0) is 4.79 Å². The summed E-state index contributed by atoms with van der Waals surface area (Å²) in [5, 5.41) is 2.19. The molecule has 0 aliphatic heterocycles. The van der Waals surface area contributed by atoms with Gasteiger partial charge in [0.15, 0.2) is 17.5 Å². The predicted molar refractivity (Wildman–Crippen MR) is 76.5 cm³/mol. The largest absolute Gasteiger partial charge is 0.398 e. The third-order valence-electron chi connectivity index (χ3n) is 2.59. The van der Waals surface area contributed by atoms with Crippen LogP contribution < -0.4 is 11.1 Å². The van der Waals surface area contributed by atoms with E-state index in [-0.39, 0.29) is 5.75 Å². The molecule has 0 heterocycles. The molecule has 0 saturated heterocycles. The van der Waals surface area contributed by atoms with Crippen molar-refractivity contribution in [1.29, 1.82) is 0 Å². The van der Waals surface area contributed by atoms with Crippen molar-refractivity contribution in [3.8, 4) is 0 Å². The van der Waals surface area contributed by atoms with E-state index < -0.39 is 29.0 Å². The summed E-state index contributed by atoms with van der Waals surface area (Å²) in [5.41, 5.74) is 5.84. The number of carbonyl (C=O) groups excluding carboxylic acids is 1. The zero-order chi connectivity index (χ0) is 15.4. The molecule has 3 nitrogen and oxygen atoms in total. The van der Waals surface area contributed by atoms with Gasteiger partial charge in [0.25, 0.3) is 0 Å². The van der Waals surface area contributed by atoms with E-state index in [1.807, 2.05) is 0 Å². The molecule has 0 aliphatic carbocycles. The van der Waals surface area contributed by atoms with Gasteiger partial charge >= 0.3 is 0 Å². The number of carbonyl (C=O) groups is 1. The van der Waals surface area contributed by atoms with Gasteiger partial charge in [-0.1, -0.05) is 12.1 Å². The summed E-state index contributed by atoms with van der Waals surface area (Å²) in [6.07, 6.45) is 0. The number of nitrogens with two attached hydrogens (primary N) is 1. The van der Waals surface area contributed by atoms with E-state index in [2.05, 4.69) is 5.32 Å². The standard InChI is InChI=1S/C14H11F3N2OS/c15-8-5-6-10(14(17)13(8)16)19-12(20)7-21-11-4-2-1-3-9(11)18/h1-6H,7,18H2,(H,19,20). The summed E-state index contributed by atoms with van der Waals surface area (Å²) >= 11 is 1.16. The van der Waals surface area contributed by atoms with Crippen LogP contribution >= 0.6 is 11.8 Å². The van der Waals surface area contributed by atoms with E-state index in [4.69, 9.17) is 5.73 Å². The minimum Gasteiger partial charge on any atom is -0.398 e. The topological polar surface area (TPSA) is 55.1 Å². The Bertz CT molecular complexity index is 679. The van der Waals surface area contributed by atoms with Gasteiger partial charge in [0.1, 0.15) is 0 Å². The molecule has 1 amide bonds. The zero-order valence-corrected chi connectivity index (χ0v) is 11.5. The SMILES string of the molecule is Nc1ccccc1SCC(=O)Nc1ccc(F)c(F)c1F. The molecule has 21 heavy (non-hydrogen) atoms. The monoisotopic (exact) mass is 312 g/mol. The van der Waals surface area contributed by atoms with Crippen molar-refractivity contribution < 1.29 is 18.0 Å². The van der Waals surface area contributed by atoms with Crippen molar-refractivity contribution in [1.82, 2.24) is 0 Å². The Morgan fingerprint density at radius 2 is 1.81 bits per heavy atom. The molecule has 2 rings (SSSR count). The lowest BCUT2D eigenvalue weighted by Crippen LogP contribution is -2.16. The molecule has 0 aliphatic rings. The van der Waals surface area contributed by atoms with Crippen molar-refractivity contribution in [3.05, 3.63) is 53.8 Å². The van der Waals surface area contributed by atoms with Gasteiger partial charge in [-0.15, -0.1) is 11.8 Å². The number of nitrogens with one attached hydrogen (secondary N) is 1. The average molecular weight is 312 g/mol. The third kappa shape index (κ3) is 3.69. The van der Waals surface area contributed by atoms with Crippen molar-refractivity contribution in [3.63, 3.8) is 0 Å². The van der Waals surface area contributed by atoms with E-state index >= 15 is 0 Å². The molecule has 0 spiro atoms. The zero-order valence-electron chi connectivity index (χ0n) is 10.7. The molecule has 3 N–H and O–H groups in total. The first kappa shape index (κ1) is 15.2. The van der Waals surface area contributed by atoms with Gasteiger partial charge < -0.3 is 11.1 Å². The number of nitrogen functional groups attached to an aromatic ring is 1. The number of rotatable bonds is 4. The third-order valence-corrected chi connectivity index (χ3v) is 3.68. The number of halogens is 3. The molecular weight excluding hydrogens is 301 g/mol. The van der Waals surface area contributed by atoms with E-state index in [1.165, 1.54) is 0 Å². The van der Waals surface area contributed by atoms with Crippen molar-refractivity contribution in [2.75, 3.05) is 16.8 Å². The number of amides is 1. The highest BCUT2D eigenvalue weighted by molar-refractivity contribution is 8.00. The molecular formula is C14H11F3N2OS. The fourth-order valence-corrected chi connectivity index (χ4v) is 2.33. The Kier molecular flexibility index (Phi) is 4.74. The molecule has 2 aromatic carbocycles. The predicted octanol–water partition coefficient (Wildman–Crippen LogP) is 3.42. The van der Waals surface area contributed by atoms with Crippen LogP contribution in [0.5, 0.6) is 0 Å². The lowest BCUT2D eigenvalue weighted by Gasteiger charge is -2.08. The summed E-state index contributed by atoms with van der Waals surface area (Å²) in [6, 6.07) is 8.67. The van der Waals surface area contributed by atoms with Crippen LogP contribution in [0.3, 0.4) is 0 Å². The molecule has 7 heteroatoms. The van der Waals surface area contributed by atoms with E-state index in [0.717, 1.165) is 23.9 Å². The fraction of sp³-hybridized carbons (Fsp3) is 0.0714. The maximum atomic E-state index is 13.4. The summed E-state index contributed by atoms with van der Waals surface area (Å²) in [7, 11) is 0. The Morgan fingerprint density at radius 1 is 1.10 bits per heavy atom. The number of para-hydroxylation sites is 1. The second-order valence-corrected chi connectivity index (χ2v) is 5.11. The Morgan fingerprint density at radius 3 is 2.52 bits per heavy atom. The van der Waals surface area contributed by atoms with Crippen LogP contribution in [0.25, 0.3) is 0 Å². The molecule has 0 radical (unpaired) electrons. The van der Waals surface area contributed by atoms with Crippen LogP contribution in [0.1, 0.15) is 0 Å². The second-order valence-electron chi connectivity index (χ2n) is 4.10. The number of hydrogen-bond acceptors (Lipinski definition) is 3. The first-order valence-corrected chi connectivity index (χ1v) is 6.88. The maximum Gasteiger partial charge on any atom is 0.234 e. The van der Waals surface area contributed by atoms with Gasteiger partial charge in [0.05, 0.1) is 11.4 Å². The number of anilines is 2. The molecule has 0 bridgehead atoms. The molecule has 0 saturated carbocycles. The molecule has 0 unspecified atom stereocenters. The number of hydrogen-bond donors (Lipinski definition) is 2. The van der Waals surface area contributed by atoms with Crippen LogP contribution in [0.2, 0.25) is 0 Å². The summed E-state index contributed by atoms with van der Waals surface area (Å²) in [5.74, 6) is -4.93. The van der Waals surface area contributed by atoms with E-state index in [9.17, 15) is 18.0 Å². The Labute approximate surface area is 123 Å². The average Bonchev–Trinajstić information content (AvgIpc) is 2.47. The van der Waals surface area contributed by atoms with E-state index in [1.54, 1.807) is 24.3 Å². The van der Waals surface area contributed by atoms with Gasteiger partial charge in [0, 0.05) is 10.6 Å². The molecule has 0 aromatic heterocycles. The lowest BCUT2D eigenvalue weighted by molar-refractivity contribution is -0.113. The van der Waals surface area contributed by atoms with Crippen molar-refractivity contribution in [2.45, 2.75) is 4.90 Å². The Hall–Kier alpha value is -2.15. The summed E-state index contributed by atoms with van der Waals surface area (Å²) in [4.78, 5) is 12.4. The minimum absolute atomic E-state index is 0.0351. The van der Waals surface area contributed by atoms with Gasteiger partial charge in [-0.3, -0.25) is 4.79 Å². The maximum absolute atomic E-state index is 13.4. The molecule has 110 valence electrons. The lowest BCUT2D eigenvalue weighted by atomic mass is 10.3. The molecule has 0 fully saturated rings. The minimum atomic E-state index is -1.62. The van der Waals surface area contributed by atoms with Crippen LogP contribution in [-0.4, -0.2) is 11.7 Å². The smallest absolute Gasteiger partial charge is 0.234 e. The fourth-order valence-electron chi connectivity index (χ4n) is 1.56. The van der Waals surface area contributed by atoms with Crippen LogP contribution in [0.4, 0.5) is 24.5 Å². The van der Waals surface area contributed by atoms with Crippen LogP contribution in [0.15, 0.2) is 41.3 Å². The van der Waals surface area contributed by atoms with E-state index in [0.29, 0.717) is 10.6 Å². The second kappa shape index (κ2) is 6.53. The van der Waals surface area contributed by atoms with Gasteiger partial charge in [-0.05, 0) is 24.3 Å². The highest BCUT2D eigenvalue weighted by atomic mass is 32.2. The quantitative estimate of drug-likeness (QED) is 0.517. The van der Waals surface area contributed by atoms with Crippen molar-refractivity contribution in [2.24, 2.45) is 0 Å². The van der Waals surface area contributed by atoms with Crippen LogP contribution in [0, 0.1) is 17.5 Å². The van der Waals surface area contributed by atoms with Gasteiger partial charge in [0.2, 0.25) is 5.91 Å². The first-order valence-electron chi connectivity index (χ1n) is 5.89. The molecule has 0 atom stereocenters. The normalized spacial score (nSPS) is 10.4. The molecule has 2 aromatic rings. The number of thioether (sulfide) groups is 1. The van der Waals surface area contributed by atoms with Gasteiger partial charge in [-0.2, -0.15) is 0 Å². The highest BCUT2D eigenvalue weighted by Gasteiger charge is 2.15. The number of benzene rings is 2. The first-order chi connectivity index (χ1) is 9.99. The Balaban J connectivity index is 2.00.